The standard InChI is InChI=1S/C15H18N6OS/c1(5-16-15-13-11(4-8-23-13)17-9-18-15)12-19-14(21-20-12)10-2-6-22-7-3-10/h4,8-10H,1-3,5-7H2,(H,16,17,18)(H,19,20,21). The summed E-state index contributed by atoms with van der Waals surface area (Å²) in [5.41, 5.74) is 0.981. The third-order valence-corrected chi connectivity index (χ3v) is 4.94. The molecule has 0 aromatic carbocycles. The van der Waals surface area contributed by atoms with Gasteiger partial charge < -0.3 is 10.1 Å². The highest BCUT2D eigenvalue weighted by molar-refractivity contribution is 7.17. The predicted molar refractivity (Wildman–Crippen MR) is 88.8 cm³/mol. The van der Waals surface area contributed by atoms with Gasteiger partial charge in [0.25, 0.3) is 0 Å². The van der Waals surface area contributed by atoms with Crippen LogP contribution in [0.25, 0.3) is 10.2 Å². The fourth-order valence-electron chi connectivity index (χ4n) is 2.77. The molecule has 0 bridgehead atoms. The Morgan fingerprint density at radius 1 is 1.30 bits per heavy atom. The van der Waals surface area contributed by atoms with E-state index in [0.29, 0.717) is 5.92 Å². The summed E-state index contributed by atoms with van der Waals surface area (Å²) < 4.78 is 6.47. The zero-order valence-corrected chi connectivity index (χ0v) is 13.5. The number of hydrogen-bond donors (Lipinski definition) is 2. The monoisotopic (exact) mass is 330 g/mol. The summed E-state index contributed by atoms with van der Waals surface area (Å²) in [7, 11) is 0. The molecule has 4 heterocycles. The largest absolute Gasteiger partial charge is 0.381 e. The molecule has 0 saturated carbocycles. The molecular weight excluding hydrogens is 312 g/mol. The van der Waals surface area contributed by atoms with Gasteiger partial charge >= 0.3 is 0 Å². The van der Waals surface area contributed by atoms with Crippen LogP contribution >= 0.6 is 11.3 Å². The van der Waals surface area contributed by atoms with Crippen LogP contribution in [0.2, 0.25) is 0 Å². The zero-order chi connectivity index (χ0) is 15.5. The third kappa shape index (κ3) is 3.18. The Balaban J connectivity index is 1.36. The first-order chi connectivity index (χ1) is 11.4. The van der Waals surface area contributed by atoms with Gasteiger partial charge in [0.2, 0.25) is 0 Å². The molecule has 1 fully saturated rings. The quantitative estimate of drug-likeness (QED) is 0.746. The number of hydrogen-bond acceptors (Lipinski definition) is 7. The Kier molecular flexibility index (Phi) is 4.16. The molecule has 0 spiro atoms. The number of aromatic amines is 1. The summed E-state index contributed by atoms with van der Waals surface area (Å²) >= 11 is 1.65. The number of fused-ring (bicyclic) bond motifs is 1. The second-order valence-electron chi connectivity index (χ2n) is 5.56. The molecule has 8 heteroatoms. The second-order valence-corrected chi connectivity index (χ2v) is 6.48. The van der Waals surface area contributed by atoms with Crippen molar-refractivity contribution in [3.63, 3.8) is 0 Å². The van der Waals surface area contributed by atoms with Gasteiger partial charge in [0, 0.05) is 32.1 Å². The first-order valence-electron chi connectivity index (χ1n) is 7.81. The molecule has 0 atom stereocenters. The molecule has 2 N–H and O–H groups in total. The van der Waals surface area contributed by atoms with E-state index in [1.807, 2.05) is 11.4 Å². The van der Waals surface area contributed by atoms with Crippen molar-refractivity contribution in [2.24, 2.45) is 0 Å². The Labute approximate surface area is 137 Å². The van der Waals surface area contributed by atoms with Crippen molar-refractivity contribution < 1.29 is 4.74 Å². The smallest absolute Gasteiger partial charge is 0.153 e. The summed E-state index contributed by atoms with van der Waals surface area (Å²) in [5.74, 6) is 3.14. The van der Waals surface area contributed by atoms with Gasteiger partial charge in [0.05, 0.1) is 10.2 Å². The lowest BCUT2D eigenvalue weighted by Gasteiger charge is -2.18. The number of nitrogens with zero attached hydrogens (tertiary/aromatic N) is 4. The van der Waals surface area contributed by atoms with Crippen LogP contribution in [-0.4, -0.2) is 44.9 Å². The fourth-order valence-corrected chi connectivity index (χ4v) is 3.59. The summed E-state index contributed by atoms with van der Waals surface area (Å²) in [6.07, 6.45) is 4.39. The maximum absolute atomic E-state index is 5.38. The number of nitrogens with one attached hydrogen (secondary N) is 2. The van der Waals surface area contributed by atoms with E-state index in [0.717, 1.165) is 66.7 Å². The molecule has 4 rings (SSSR count). The number of aromatic nitrogens is 5. The van der Waals surface area contributed by atoms with E-state index in [1.54, 1.807) is 17.7 Å². The van der Waals surface area contributed by atoms with Gasteiger partial charge in [-0.25, -0.2) is 15.0 Å². The minimum absolute atomic E-state index is 0.425. The molecule has 1 saturated heterocycles. The molecular formula is C15H18N6OS. The van der Waals surface area contributed by atoms with Crippen LogP contribution in [0.5, 0.6) is 0 Å². The fraction of sp³-hybridized carbons (Fsp3) is 0.467. The highest BCUT2D eigenvalue weighted by Gasteiger charge is 2.19. The molecule has 1 aliphatic rings. The van der Waals surface area contributed by atoms with E-state index in [-0.39, 0.29) is 0 Å². The SMILES string of the molecule is c1nc(NCCc2nc(C3CCOCC3)n[nH]2)c2sccc2n1. The topological polar surface area (TPSA) is 88.6 Å². The molecule has 0 radical (unpaired) electrons. The van der Waals surface area contributed by atoms with Gasteiger partial charge in [-0.05, 0) is 24.3 Å². The average molecular weight is 330 g/mol. The summed E-state index contributed by atoms with van der Waals surface area (Å²) in [4.78, 5) is 13.2. The van der Waals surface area contributed by atoms with E-state index < -0.39 is 0 Å². The van der Waals surface area contributed by atoms with Crippen LogP contribution in [0, 0.1) is 0 Å². The number of rotatable bonds is 5. The Bertz CT molecular complexity index is 779. The molecule has 0 unspecified atom stereocenters. The molecule has 0 amide bonds. The van der Waals surface area contributed by atoms with Crippen molar-refractivity contribution in [1.29, 1.82) is 0 Å². The first-order valence-corrected chi connectivity index (χ1v) is 8.69. The molecule has 1 aliphatic heterocycles. The molecule has 120 valence electrons. The highest BCUT2D eigenvalue weighted by atomic mass is 32.1. The normalized spacial score (nSPS) is 16.0. The lowest BCUT2D eigenvalue weighted by molar-refractivity contribution is 0.0836. The number of anilines is 1. The average Bonchev–Trinajstić information content (AvgIpc) is 3.25. The van der Waals surface area contributed by atoms with Crippen LogP contribution in [-0.2, 0) is 11.2 Å². The van der Waals surface area contributed by atoms with E-state index in [1.165, 1.54) is 0 Å². The van der Waals surface area contributed by atoms with Gasteiger partial charge in [-0.2, -0.15) is 5.10 Å². The van der Waals surface area contributed by atoms with E-state index in [4.69, 9.17) is 4.74 Å². The van der Waals surface area contributed by atoms with Crippen LogP contribution in [0.15, 0.2) is 17.8 Å². The third-order valence-electron chi connectivity index (χ3n) is 4.03. The van der Waals surface area contributed by atoms with Gasteiger partial charge in [-0.1, -0.05) is 0 Å². The molecule has 3 aromatic heterocycles. The van der Waals surface area contributed by atoms with Gasteiger partial charge in [0.1, 0.15) is 18.0 Å². The van der Waals surface area contributed by atoms with Crippen LogP contribution in [0.3, 0.4) is 0 Å². The first kappa shape index (κ1) is 14.5. The predicted octanol–water partition coefficient (Wildman–Crippen LogP) is 2.36. The summed E-state index contributed by atoms with van der Waals surface area (Å²) in [5, 5.41) is 12.8. The molecule has 23 heavy (non-hydrogen) atoms. The number of ether oxygens (including phenoxy) is 1. The van der Waals surface area contributed by atoms with Crippen molar-refractivity contribution in [3.8, 4) is 0 Å². The Hall–Kier alpha value is -2.06. The maximum Gasteiger partial charge on any atom is 0.153 e. The van der Waals surface area contributed by atoms with Crippen molar-refractivity contribution in [1.82, 2.24) is 25.1 Å². The van der Waals surface area contributed by atoms with Gasteiger partial charge in [-0.3, -0.25) is 5.10 Å². The van der Waals surface area contributed by atoms with E-state index in [9.17, 15) is 0 Å². The highest BCUT2D eigenvalue weighted by Crippen LogP contribution is 2.25. The molecule has 3 aromatic rings. The molecule has 7 nitrogen and oxygen atoms in total. The Morgan fingerprint density at radius 2 is 2.22 bits per heavy atom. The minimum Gasteiger partial charge on any atom is -0.381 e. The second kappa shape index (κ2) is 6.59. The van der Waals surface area contributed by atoms with Crippen molar-refractivity contribution in [2.75, 3.05) is 25.1 Å². The van der Waals surface area contributed by atoms with Crippen LogP contribution in [0.4, 0.5) is 5.82 Å². The summed E-state index contributed by atoms with van der Waals surface area (Å²) in [6, 6.07) is 2.00. The maximum atomic E-state index is 5.38. The van der Waals surface area contributed by atoms with Crippen LogP contribution < -0.4 is 5.32 Å². The van der Waals surface area contributed by atoms with Gasteiger partial charge in [0.15, 0.2) is 5.82 Å². The van der Waals surface area contributed by atoms with Crippen molar-refractivity contribution in [2.45, 2.75) is 25.2 Å². The van der Waals surface area contributed by atoms with E-state index in [2.05, 4.69) is 30.5 Å². The zero-order valence-electron chi connectivity index (χ0n) is 12.7. The minimum atomic E-state index is 0.425. The Morgan fingerprint density at radius 3 is 3.13 bits per heavy atom. The lowest BCUT2D eigenvalue weighted by Crippen LogP contribution is -2.15. The van der Waals surface area contributed by atoms with Gasteiger partial charge in [-0.15, -0.1) is 11.3 Å². The van der Waals surface area contributed by atoms with Crippen LogP contribution in [0.1, 0.15) is 30.4 Å². The van der Waals surface area contributed by atoms with Crippen molar-refractivity contribution in [3.05, 3.63) is 29.4 Å². The number of thiophene rings is 1. The lowest BCUT2D eigenvalue weighted by atomic mass is 10.00. The molecule has 0 aliphatic carbocycles. The number of H-pyrrole nitrogens is 1. The summed E-state index contributed by atoms with van der Waals surface area (Å²) in [6.45, 7) is 2.37. The van der Waals surface area contributed by atoms with E-state index >= 15 is 0 Å². The van der Waals surface area contributed by atoms with Crippen molar-refractivity contribution >= 4 is 27.4 Å².